The van der Waals surface area contributed by atoms with Gasteiger partial charge in [-0.05, 0) is 50.9 Å². The van der Waals surface area contributed by atoms with Gasteiger partial charge in [0, 0.05) is 5.75 Å². The van der Waals surface area contributed by atoms with E-state index in [1.165, 1.54) is 64.2 Å². The van der Waals surface area contributed by atoms with Crippen molar-refractivity contribution in [2.24, 2.45) is 5.92 Å². The number of unbranched alkanes of at least 4 members (excludes halogenated alkanes) is 7. The van der Waals surface area contributed by atoms with Crippen molar-refractivity contribution < 1.29 is 8.76 Å². The average molecular weight is 327 g/mol. The number of rotatable bonds is 13. The lowest BCUT2D eigenvalue weighted by Crippen LogP contribution is -1.97. The van der Waals surface area contributed by atoms with Crippen molar-refractivity contribution in [3.8, 4) is 0 Å². The van der Waals surface area contributed by atoms with E-state index in [1.807, 2.05) is 0 Å². The van der Waals surface area contributed by atoms with Crippen LogP contribution in [0.15, 0.2) is 23.8 Å². The molecule has 0 heterocycles. The Morgan fingerprint density at radius 3 is 2.73 bits per heavy atom. The Bertz CT molecular complexity index is 360. The van der Waals surface area contributed by atoms with Crippen LogP contribution in [0, 0.1) is 5.92 Å². The van der Waals surface area contributed by atoms with Crippen LogP contribution in [0.25, 0.3) is 0 Å². The van der Waals surface area contributed by atoms with E-state index in [9.17, 15) is 4.21 Å². The minimum Gasteiger partial charge on any atom is -0.306 e. The van der Waals surface area contributed by atoms with Crippen molar-refractivity contribution in [3.05, 3.63) is 23.8 Å². The van der Waals surface area contributed by atoms with Gasteiger partial charge in [0.25, 0.3) is 0 Å². The van der Waals surface area contributed by atoms with Crippen LogP contribution < -0.4 is 0 Å². The second kappa shape index (κ2) is 13.1. The summed E-state index contributed by atoms with van der Waals surface area (Å²) in [6.07, 6.45) is 22.0. The molecule has 1 rings (SSSR count). The van der Waals surface area contributed by atoms with Gasteiger partial charge in [-0.3, -0.25) is 0 Å². The number of allylic oxidation sites excluding steroid dienone is 4. The summed E-state index contributed by atoms with van der Waals surface area (Å²) in [5, 5.41) is 0. The van der Waals surface area contributed by atoms with E-state index in [4.69, 9.17) is 4.55 Å². The lowest BCUT2D eigenvalue weighted by molar-refractivity contribution is 0.556. The Labute approximate surface area is 139 Å². The van der Waals surface area contributed by atoms with Gasteiger partial charge >= 0.3 is 0 Å². The van der Waals surface area contributed by atoms with Crippen LogP contribution in [0.2, 0.25) is 0 Å². The molecule has 1 unspecified atom stereocenters. The maximum atomic E-state index is 10.6. The Kier molecular flexibility index (Phi) is 11.7. The Balaban J connectivity index is 2.09. The largest absolute Gasteiger partial charge is 0.306 e. The van der Waals surface area contributed by atoms with Crippen LogP contribution in [0.4, 0.5) is 0 Å². The highest BCUT2D eigenvalue weighted by Gasteiger charge is 2.15. The summed E-state index contributed by atoms with van der Waals surface area (Å²) in [7, 11) is 0. The van der Waals surface area contributed by atoms with E-state index in [0.717, 1.165) is 12.8 Å². The van der Waals surface area contributed by atoms with Crippen molar-refractivity contribution in [2.45, 2.75) is 84.0 Å². The Morgan fingerprint density at radius 1 is 1.18 bits per heavy atom. The van der Waals surface area contributed by atoms with Gasteiger partial charge in [0.2, 0.25) is 0 Å². The fourth-order valence-corrected chi connectivity index (χ4v) is 3.60. The van der Waals surface area contributed by atoms with Crippen LogP contribution in [0.3, 0.4) is 0 Å². The van der Waals surface area contributed by atoms with E-state index in [-0.39, 0.29) is 0 Å². The first-order chi connectivity index (χ1) is 10.7. The molecule has 0 aromatic rings. The van der Waals surface area contributed by atoms with Crippen molar-refractivity contribution in [2.75, 3.05) is 5.75 Å². The summed E-state index contributed by atoms with van der Waals surface area (Å²) in [5.74, 6) is 1.13. The van der Waals surface area contributed by atoms with E-state index >= 15 is 0 Å². The van der Waals surface area contributed by atoms with Gasteiger partial charge < -0.3 is 4.55 Å². The minimum atomic E-state index is -1.61. The Morgan fingerprint density at radius 2 is 1.95 bits per heavy atom. The summed E-state index contributed by atoms with van der Waals surface area (Å²) < 4.78 is 19.3. The molecule has 0 fully saturated rings. The zero-order valence-corrected chi connectivity index (χ0v) is 15.1. The number of hydrogen-bond donors (Lipinski definition) is 1. The van der Waals surface area contributed by atoms with E-state index in [1.54, 1.807) is 5.57 Å². The molecule has 0 aromatic heterocycles. The van der Waals surface area contributed by atoms with Gasteiger partial charge in [0.05, 0.1) is 0 Å². The zero-order chi connectivity index (χ0) is 16.0. The molecule has 1 aliphatic carbocycles. The fraction of sp³-hybridized carbons (Fsp3) is 0.789. The van der Waals surface area contributed by atoms with Crippen LogP contribution in [-0.2, 0) is 11.1 Å². The molecule has 0 radical (unpaired) electrons. The molecular weight excluding hydrogens is 292 g/mol. The Hall–Kier alpha value is -0.410. The van der Waals surface area contributed by atoms with Crippen molar-refractivity contribution in [1.29, 1.82) is 0 Å². The first-order valence-electron chi connectivity index (χ1n) is 9.17. The van der Waals surface area contributed by atoms with Crippen LogP contribution >= 0.6 is 0 Å². The smallest absolute Gasteiger partial charge is 0.152 e. The highest BCUT2D eigenvalue weighted by atomic mass is 32.2. The van der Waals surface area contributed by atoms with Crippen molar-refractivity contribution >= 4 is 11.1 Å². The second-order valence-electron chi connectivity index (χ2n) is 6.43. The maximum absolute atomic E-state index is 10.6. The van der Waals surface area contributed by atoms with E-state index < -0.39 is 11.1 Å². The molecule has 22 heavy (non-hydrogen) atoms. The van der Waals surface area contributed by atoms with Gasteiger partial charge in [0.15, 0.2) is 11.1 Å². The summed E-state index contributed by atoms with van der Waals surface area (Å²) in [4.78, 5) is 0. The van der Waals surface area contributed by atoms with Crippen molar-refractivity contribution in [1.82, 2.24) is 0 Å². The molecule has 1 N–H and O–H groups in total. The van der Waals surface area contributed by atoms with Gasteiger partial charge in [-0.1, -0.05) is 62.8 Å². The van der Waals surface area contributed by atoms with E-state index in [2.05, 4.69) is 25.2 Å². The highest BCUT2D eigenvalue weighted by molar-refractivity contribution is 7.79. The van der Waals surface area contributed by atoms with Gasteiger partial charge in [-0.25, -0.2) is 4.21 Å². The average Bonchev–Trinajstić information content (AvgIpc) is 2.93. The molecule has 0 saturated heterocycles. The van der Waals surface area contributed by atoms with Gasteiger partial charge in [0.1, 0.15) is 0 Å². The third kappa shape index (κ3) is 9.58. The van der Waals surface area contributed by atoms with Crippen LogP contribution in [-0.4, -0.2) is 14.5 Å². The fourth-order valence-electron chi connectivity index (χ4n) is 3.15. The third-order valence-electron chi connectivity index (χ3n) is 4.49. The molecule has 3 heteroatoms. The monoisotopic (exact) mass is 326 g/mol. The predicted octanol–water partition coefficient (Wildman–Crippen LogP) is 6.02. The topological polar surface area (TPSA) is 37.3 Å². The summed E-state index contributed by atoms with van der Waals surface area (Å²) in [6.45, 7) is 2.26. The summed E-state index contributed by atoms with van der Waals surface area (Å²) >= 11 is -1.61. The van der Waals surface area contributed by atoms with Crippen LogP contribution in [0.5, 0.6) is 0 Å². The molecule has 0 bridgehead atoms. The second-order valence-corrected chi connectivity index (χ2v) is 7.48. The molecule has 1 aliphatic rings. The SMILES string of the molecule is CCCCCCC=C[C@H]1CCC=C1CCCCCCS(=O)O. The molecular formula is C19H34O2S. The standard InChI is InChI=1S/C19H34O2S/c1-2-3-4-5-6-9-13-18-15-12-16-19(18)14-10-7-8-11-17-22(20)21/h9,13,16,18H,2-8,10-12,14-15,17H2,1H3,(H,20,21)/t18-/m0/s1. The lowest BCUT2D eigenvalue weighted by atomic mass is 9.95. The minimum absolute atomic E-state index is 0.437. The molecule has 0 spiro atoms. The van der Waals surface area contributed by atoms with Gasteiger partial charge in [-0.2, -0.15) is 0 Å². The van der Waals surface area contributed by atoms with E-state index in [0.29, 0.717) is 11.7 Å². The third-order valence-corrected chi connectivity index (χ3v) is 5.13. The molecule has 0 aliphatic heterocycles. The maximum Gasteiger partial charge on any atom is 0.152 e. The first-order valence-corrected chi connectivity index (χ1v) is 10.4. The molecule has 128 valence electrons. The normalized spacial score (nSPS) is 19.7. The molecule has 0 aromatic carbocycles. The first kappa shape index (κ1) is 19.6. The number of hydrogen-bond acceptors (Lipinski definition) is 1. The summed E-state index contributed by atoms with van der Waals surface area (Å²) in [5.41, 5.74) is 1.63. The molecule has 0 amide bonds. The zero-order valence-electron chi connectivity index (χ0n) is 14.3. The molecule has 0 saturated carbocycles. The quantitative estimate of drug-likeness (QED) is 0.255. The molecule has 2 atom stereocenters. The summed E-state index contributed by atoms with van der Waals surface area (Å²) in [6, 6.07) is 0. The lowest BCUT2D eigenvalue weighted by Gasteiger charge is -2.10. The molecule has 2 nitrogen and oxygen atoms in total. The van der Waals surface area contributed by atoms with Gasteiger partial charge in [-0.15, -0.1) is 0 Å². The van der Waals surface area contributed by atoms with Crippen LogP contribution in [0.1, 0.15) is 84.0 Å². The predicted molar refractivity (Wildman–Crippen MR) is 97.4 cm³/mol. The van der Waals surface area contributed by atoms with Crippen molar-refractivity contribution in [3.63, 3.8) is 0 Å². The highest BCUT2D eigenvalue weighted by Crippen LogP contribution is 2.31.